The van der Waals surface area contributed by atoms with Crippen LogP contribution in [0.25, 0.3) is 0 Å². The molecule has 1 aliphatic heterocycles. The van der Waals surface area contributed by atoms with Crippen LogP contribution in [0.1, 0.15) is 32.1 Å². The molecular weight excluding hydrogens is 360 g/mol. The summed E-state index contributed by atoms with van der Waals surface area (Å²) in [4.78, 5) is 36.2. The Morgan fingerprint density at radius 1 is 1.04 bits per heavy atom. The van der Waals surface area contributed by atoms with Crippen molar-refractivity contribution in [3.63, 3.8) is 0 Å². The van der Waals surface area contributed by atoms with Crippen molar-refractivity contribution in [3.05, 3.63) is 29.8 Å². The second kappa shape index (κ2) is 7.89. The quantitative estimate of drug-likeness (QED) is 0.743. The van der Waals surface area contributed by atoms with Gasteiger partial charge >= 0.3 is 12.0 Å². The Balaban J connectivity index is 1.53. The molecule has 1 saturated carbocycles. The number of anilines is 1. The van der Waals surface area contributed by atoms with E-state index in [9.17, 15) is 23.2 Å². The number of carboxylic acid groups (broad SMARTS) is 1. The molecular formula is C18H21F2N3O4. The van der Waals surface area contributed by atoms with Gasteiger partial charge in [0.15, 0.2) is 0 Å². The number of carbonyl (C=O) groups excluding carboxylic acids is 2. The number of carboxylic acids is 1. The van der Waals surface area contributed by atoms with Crippen LogP contribution in [0.4, 0.5) is 19.3 Å². The van der Waals surface area contributed by atoms with Gasteiger partial charge in [-0.3, -0.25) is 9.59 Å². The Bertz CT molecular complexity index is 730. The number of carbonyl (C=O) groups is 3. The van der Waals surface area contributed by atoms with Gasteiger partial charge in [-0.2, -0.15) is 0 Å². The topological polar surface area (TPSA) is 98.7 Å². The van der Waals surface area contributed by atoms with Gasteiger partial charge in [-0.25, -0.2) is 13.6 Å². The molecule has 1 atom stereocenters. The van der Waals surface area contributed by atoms with Crippen molar-refractivity contribution in [2.24, 2.45) is 5.92 Å². The first-order valence-electron chi connectivity index (χ1n) is 8.89. The van der Waals surface area contributed by atoms with E-state index >= 15 is 0 Å². The number of benzene rings is 1. The van der Waals surface area contributed by atoms with Gasteiger partial charge in [0, 0.05) is 19.0 Å². The van der Waals surface area contributed by atoms with Gasteiger partial charge in [0.05, 0.1) is 12.0 Å². The zero-order valence-corrected chi connectivity index (χ0v) is 14.6. The Hall–Kier alpha value is -2.71. The Kier molecular flexibility index (Phi) is 5.57. The van der Waals surface area contributed by atoms with E-state index in [1.807, 2.05) is 0 Å². The van der Waals surface area contributed by atoms with Crippen LogP contribution >= 0.6 is 0 Å². The predicted molar refractivity (Wildman–Crippen MR) is 92.2 cm³/mol. The van der Waals surface area contributed by atoms with E-state index in [0.29, 0.717) is 25.7 Å². The normalized spacial score (nSPS) is 25.3. The molecule has 3 N–H and O–H groups in total. The largest absolute Gasteiger partial charge is 0.481 e. The standard InChI is InChI=1S/C18H21F2N3O4/c19-13-2-1-3-14(20)16(13)23-9-12(8-15(23)24)22-18(27)21-11-6-4-10(5-7-11)17(25)26/h1-3,10-12H,4-9H2,(H,25,26)(H2,21,22,27). The van der Waals surface area contributed by atoms with Crippen LogP contribution in [0.2, 0.25) is 0 Å². The van der Waals surface area contributed by atoms with E-state index < -0.39 is 41.3 Å². The van der Waals surface area contributed by atoms with E-state index in [-0.39, 0.29) is 24.9 Å². The summed E-state index contributed by atoms with van der Waals surface area (Å²) in [7, 11) is 0. The van der Waals surface area contributed by atoms with Crippen molar-refractivity contribution >= 4 is 23.6 Å². The van der Waals surface area contributed by atoms with Gasteiger partial charge < -0.3 is 20.6 Å². The maximum absolute atomic E-state index is 13.9. The first-order valence-corrected chi connectivity index (χ1v) is 8.89. The molecule has 0 spiro atoms. The monoisotopic (exact) mass is 381 g/mol. The molecule has 0 radical (unpaired) electrons. The molecule has 2 aliphatic rings. The Morgan fingerprint density at radius 3 is 2.22 bits per heavy atom. The van der Waals surface area contributed by atoms with Gasteiger partial charge in [0.2, 0.25) is 5.91 Å². The summed E-state index contributed by atoms with van der Waals surface area (Å²) in [5.74, 6) is -3.32. The van der Waals surface area contributed by atoms with Crippen LogP contribution in [0.3, 0.4) is 0 Å². The maximum atomic E-state index is 13.9. The lowest BCUT2D eigenvalue weighted by Gasteiger charge is -2.27. The third-order valence-electron chi connectivity index (χ3n) is 5.08. The number of para-hydroxylation sites is 1. The second-order valence-electron chi connectivity index (χ2n) is 6.98. The molecule has 1 heterocycles. The number of rotatable bonds is 4. The number of urea groups is 1. The molecule has 9 heteroatoms. The lowest BCUT2D eigenvalue weighted by atomic mass is 9.86. The molecule has 1 saturated heterocycles. The maximum Gasteiger partial charge on any atom is 0.315 e. The smallest absolute Gasteiger partial charge is 0.315 e. The molecule has 3 amide bonds. The zero-order chi connectivity index (χ0) is 19.6. The average Bonchev–Trinajstić information content (AvgIpc) is 2.95. The summed E-state index contributed by atoms with van der Waals surface area (Å²) in [5.41, 5.74) is -0.404. The molecule has 27 heavy (non-hydrogen) atoms. The summed E-state index contributed by atoms with van der Waals surface area (Å²) in [6.45, 7) is -0.0180. The summed E-state index contributed by atoms with van der Waals surface area (Å²) in [6.07, 6.45) is 2.10. The summed E-state index contributed by atoms with van der Waals surface area (Å²) in [5, 5.41) is 14.4. The Morgan fingerprint density at radius 2 is 1.63 bits per heavy atom. The highest BCUT2D eigenvalue weighted by molar-refractivity contribution is 5.97. The number of hydrogen-bond acceptors (Lipinski definition) is 3. The number of hydrogen-bond donors (Lipinski definition) is 3. The minimum absolute atomic E-state index is 0.0180. The second-order valence-corrected chi connectivity index (χ2v) is 6.98. The molecule has 3 rings (SSSR count). The first-order chi connectivity index (χ1) is 12.8. The molecule has 1 aromatic carbocycles. The third-order valence-corrected chi connectivity index (χ3v) is 5.08. The van der Waals surface area contributed by atoms with E-state index in [1.165, 1.54) is 6.07 Å². The molecule has 7 nitrogen and oxygen atoms in total. The van der Waals surface area contributed by atoms with Crippen molar-refractivity contribution in [1.82, 2.24) is 10.6 Å². The first kappa shape index (κ1) is 19.1. The van der Waals surface area contributed by atoms with Crippen molar-refractivity contribution < 1.29 is 28.3 Å². The van der Waals surface area contributed by atoms with Crippen LogP contribution in [0.15, 0.2) is 18.2 Å². The van der Waals surface area contributed by atoms with Crippen LogP contribution < -0.4 is 15.5 Å². The molecule has 1 aliphatic carbocycles. The van der Waals surface area contributed by atoms with Crippen LogP contribution in [-0.4, -0.2) is 41.6 Å². The number of nitrogens with one attached hydrogen (secondary N) is 2. The summed E-state index contributed by atoms with van der Waals surface area (Å²) >= 11 is 0. The molecule has 0 bridgehead atoms. The van der Waals surface area contributed by atoms with Crippen molar-refractivity contribution in [1.29, 1.82) is 0 Å². The van der Waals surface area contributed by atoms with E-state index in [4.69, 9.17) is 5.11 Å². The summed E-state index contributed by atoms with van der Waals surface area (Å²) in [6, 6.07) is 2.21. The number of amides is 3. The highest BCUT2D eigenvalue weighted by Gasteiger charge is 2.35. The van der Waals surface area contributed by atoms with Crippen molar-refractivity contribution in [2.75, 3.05) is 11.4 Å². The number of aliphatic carboxylic acids is 1. The number of nitrogens with zero attached hydrogens (tertiary/aromatic N) is 1. The van der Waals surface area contributed by atoms with Gasteiger partial charge in [0.1, 0.15) is 17.3 Å². The SMILES string of the molecule is O=C(NC1CCC(C(=O)O)CC1)NC1CC(=O)N(c2c(F)cccc2F)C1. The molecule has 1 unspecified atom stereocenters. The molecule has 2 fully saturated rings. The summed E-state index contributed by atoms with van der Waals surface area (Å²) < 4.78 is 27.8. The van der Waals surface area contributed by atoms with E-state index in [0.717, 1.165) is 17.0 Å². The van der Waals surface area contributed by atoms with Gasteiger partial charge in [-0.1, -0.05) is 6.07 Å². The number of halogens is 2. The fourth-order valence-electron chi connectivity index (χ4n) is 3.66. The third kappa shape index (κ3) is 4.35. The molecule has 146 valence electrons. The Labute approximate surface area is 154 Å². The minimum atomic E-state index is -0.830. The fourth-order valence-corrected chi connectivity index (χ4v) is 3.66. The fraction of sp³-hybridized carbons (Fsp3) is 0.500. The van der Waals surface area contributed by atoms with Gasteiger partial charge in [0.25, 0.3) is 0 Å². The lowest BCUT2D eigenvalue weighted by molar-refractivity contribution is -0.142. The van der Waals surface area contributed by atoms with Gasteiger partial charge in [-0.05, 0) is 37.8 Å². The van der Waals surface area contributed by atoms with Crippen molar-refractivity contribution in [2.45, 2.75) is 44.2 Å². The lowest BCUT2D eigenvalue weighted by Crippen LogP contribution is -2.48. The average molecular weight is 381 g/mol. The highest BCUT2D eigenvalue weighted by atomic mass is 19.1. The van der Waals surface area contributed by atoms with Crippen LogP contribution in [0.5, 0.6) is 0 Å². The molecule has 1 aromatic rings. The zero-order valence-electron chi connectivity index (χ0n) is 14.6. The highest BCUT2D eigenvalue weighted by Crippen LogP contribution is 2.28. The van der Waals surface area contributed by atoms with Crippen molar-refractivity contribution in [3.8, 4) is 0 Å². The van der Waals surface area contributed by atoms with Crippen LogP contribution in [0, 0.1) is 17.6 Å². The van der Waals surface area contributed by atoms with Gasteiger partial charge in [-0.15, -0.1) is 0 Å². The molecule has 0 aromatic heterocycles. The minimum Gasteiger partial charge on any atom is -0.481 e. The van der Waals surface area contributed by atoms with E-state index in [1.54, 1.807) is 0 Å². The van der Waals surface area contributed by atoms with Crippen LogP contribution in [-0.2, 0) is 9.59 Å². The van der Waals surface area contributed by atoms with E-state index in [2.05, 4.69) is 10.6 Å². The predicted octanol–water partition coefficient (Wildman–Crippen LogP) is 2.01.